The van der Waals surface area contributed by atoms with Crippen LogP contribution in [0.4, 0.5) is 0 Å². The van der Waals surface area contributed by atoms with Crippen molar-refractivity contribution in [3.05, 3.63) is 46.9 Å². The molecule has 3 aromatic rings. The number of para-hydroxylation sites is 1. The van der Waals surface area contributed by atoms with Gasteiger partial charge in [0.1, 0.15) is 0 Å². The lowest BCUT2D eigenvalue weighted by Crippen LogP contribution is -2.36. The van der Waals surface area contributed by atoms with Gasteiger partial charge in [0.15, 0.2) is 5.69 Å². The number of carbonyl (C=O) groups is 1. The fourth-order valence-corrected chi connectivity index (χ4v) is 3.13. The van der Waals surface area contributed by atoms with E-state index in [2.05, 4.69) is 15.3 Å². The van der Waals surface area contributed by atoms with Crippen molar-refractivity contribution in [1.29, 1.82) is 0 Å². The van der Waals surface area contributed by atoms with Crippen molar-refractivity contribution in [1.82, 2.24) is 24.9 Å². The number of benzene rings is 1. The molecule has 0 atom stereocenters. The van der Waals surface area contributed by atoms with Crippen LogP contribution in [0.25, 0.3) is 10.9 Å². The van der Waals surface area contributed by atoms with Crippen molar-refractivity contribution in [3.63, 3.8) is 0 Å². The van der Waals surface area contributed by atoms with E-state index in [1.807, 2.05) is 43.1 Å². The number of amides is 1. The van der Waals surface area contributed by atoms with Gasteiger partial charge in [0.25, 0.3) is 5.91 Å². The highest BCUT2D eigenvalue weighted by atomic mass is 16.2. The van der Waals surface area contributed by atoms with Crippen LogP contribution in [-0.2, 0) is 20.0 Å². The van der Waals surface area contributed by atoms with Crippen LogP contribution >= 0.6 is 0 Å². The maximum absolute atomic E-state index is 12.9. The fraction of sp³-hybridized carbons (Fsp3) is 0.312. The molecule has 1 amide bonds. The molecule has 2 aromatic heterocycles. The van der Waals surface area contributed by atoms with Gasteiger partial charge in [-0.3, -0.25) is 14.6 Å². The third-order valence-corrected chi connectivity index (χ3v) is 4.37. The summed E-state index contributed by atoms with van der Waals surface area (Å²) >= 11 is 0. The van der Waals surface area contributed by atoms with Crippen LogP contribution in [0.15, 0.2) is 24.3 Å². The van der Waals surface area contributed by atoms with E-state index in [0.29, 0.717) is 18.8 Å². The monoisotopic (exact) mass is 295 g/mol. The van der Waals surface area contributed by atoms with E-state index in [1.165, 1.54) is 0 Å². The molecule has 6 nitrogen and oxygen atoms in total. The molecule has 1 aliphatic heterocycles. The maximum Gasteiger partial charge on any atom is 0.275 e. The number of rotatable bonds is 1. The molecular weight excluding hydrogens is 278 g/mol. The molecule has 0 saturated carbocycles. The molecule has 1 aliphatic rings. The summed E-state index contributed by atoms with van der Waals surface area (Å²) in [5.74, 6) is -0.0111. The largest absolute Gasteiger partial charge is 0.332 e. The summed E-state index contributed by atoms with van der Waals surface area (Å²) in [5.41, 5.74) is 4.76. The highest BCUT2D eigenvalue weighted by molar-refractivity contribution is 6.04. The zero-order valence-corrected chi connectivity index (χ0v) is 12.6. The first-order valence-electron chi connectivity index (χ1n) is 7.39. The number of aromatic nitrogens is 4. The predicted octanol–water partition coefficient (Wildman–Crippen LogP) is 1.80. The zero-order valence-electron chi connectivity index (χ0n) is 12.6. The molecule has 1 aromatic carbocycles. The first-order chi connectivity index (χ1) is 10.6. The molecule has 0 aliphatic carbocycles. The normalized spacial score (nSPS) is 14.4. The quantitative estimate of drug-likeness (QED) is 0.744. The van der Waals surface area contributed by atoms with Gasteiger partial charge >= 0.3 is 0 Å². The first kappa shape index (κ1) is 13.1. The smallest absolute Gasteiger partial charge is 0.275 e. The third-order valence-electron chi connectivity index (χ3n) is 4.37. The lowest BCUT2D eigenvalue weighted by Gasteiger charge is -2.26. The van der Waals surface area contributed by atoms with Crippen LogP contribution in [0.5, 0.6) is 0 Å². The molecule has 0 saturated heterocycles. The number of H-pyrrole nitrogens is 1. The summed E-state index contributed by atoms with van der Waals surface area (Å²) in [6.45, 7) is 3.28. The molecule has 1 N–H and O–H groups in total. The van der Waals surface area contributed by atoms with Crippen LogP contribution < -0.4 is 0 Å². The van der Waals surface area contributed by atoms with Gasteiger partial charge in [0.05, 0.1) is 11.2 Å². The van der Waals surface area contributed by atoms with E-state index < -0.39 is 0 Å². The van der Waals surface area contributed by atoms with Crippen LogP contribution in [0.3, 0.4) is 0 Å². The number of nitrogens with zero attached hydrogens (tertiary/aromatic N) is 4. The topological polar surface area (TPSA) is 66.8 Å². The van der Waals surface area contributed by atoms with Gasteiger partial charge in [-0.1, -0.05) is 18.2 Å². The minimum atomic E-state index is -0.0111. The molecule has 3 heterocycles. The number of aryl methyl sites for hydroxylation is 2. The molecule has 6 heteroatoms. The summed E-state index contributed by atoms with van der Waals surface area (Å²) < 4.78 is 1.76. The Hall–Kier alpha value is -2.63. The Bertz CT molecular complexity index is 876. The highest BCUT2D eigenvalue weighted by Crippen LogP contribution is 2.24. The number of aromatic amines is 1. The van der Waals surface area contributed by atoms with Crippen LogP contribution in [0.1, 0.15) is 27.4 Å². The average molecular weight is 295 g/mol. The van der Waals surface area contributed by atoms with Gasteiger partial charge in [-0.25, -0.2) is 0 Å². The molecule has 0 unspecified atom stereocenters. The first-order valence-corrected chi connectivity index (χ1v) is 7.39. The summed E-state index contributed by atoms with van der Waals surface area (Å²) in [6.07, 6.45) is 0.788. The molecular formula is C16H17N5O. The van der Waals surface area contributed by atoms with Crippen molar-refractivity contribution in [3.8, 4) is 0 Å². The number of fused-ring (bicyclic) bond motifs is 2. The van der Waals surface area contributed by atoms with Gasteiger partial charge in [0, 0.05) is 43.2 Å². The second kappa shape index (κ2) is 4.69. The van der Waals surface area contributed by atoms with Crippen molar-refractivity contribution < 1.29 is 4.79 Å². The maximum atomic E-state index is 12.9. The minimum Gasteiger partial charge on any atom is -0.332 e. The molecule has 112 valence electrons. The Balaban J connectivity index is 1.71. The summed E-state index contributed by atoms with van der Waals surface area (Å²) in [4.78, 5) is 14.8. The Kier molecular flexibility index (Phi) is 2.79. The van der Waals surface area contributed by atoms with E-state index >= 15 is 0 Å². The van der Waals surface area contributed by atoms with Gasteiger partial charge in [0.2, 0.25) is 0 Å². The number of carbonyl (C=O) groups excluding carboxylic acids is 1. The van der Waals surface area contributed by atoms with Gasteiger partial charge in [-0.05, 0) is 13.0 Å². The van der Waals surface area contributed by atoms with Crippen molar-refractivity contribution in [2.24, 2.45) is 7.05 Å². The van der Waals surface area contributed by atoms with E-state index in [0.717, 1.165) is 34.3 Å². The standard InChI is InChI=1S/C16H17N5O/c1-10-12-9-21(8-7-13(12)18-17-10)16(22)15-11-5-3-4-6-14(11)20(2)19-15/h3-6H,7-9H2,1-2H3,(H,17,18). The van der Waals surface area contributed by atoms with E-state index in [-0.39, 0.29) is 5.91 Å². The predicted molar refractivity (Wildman–Crippen MR) is 82.5 cm³/mol. The second-order valence-electron chi connectivity index (χ2n) is 5.74. The molecule has 22 heavy (non-hydrogen) atoms. The molecule has 0 radical (unpaired) electrons. The minimum absolute atomic E-state index is 0.0111. The molecule has 0 fully saturated rings. The highest BCUT2D eigenvalue weighted by Gasteiger charge is 2.27. The summed E-state index contributed by atoms with van der Waals surface area (Å²) in [7, 11) is 1.87. The van der Waals surface area contributed by atoms with Gasteiger partial charge in [-0.15, -0.1) is 0 Å². The molecule has 0 bridgehead atoms. The third kappa shape index (κ3) is 1.83. The van der Waals surface area contributed by atoms with E-state index in [9.17, 15) is 4.79 Å². The Morgan fingerprint density at radius 1 is 1.32 bits per heavy atom. The summed E-state index contributed by atoms with van der Waals surface area (Å²) in [5, 5.41) is 12.6. The van der Waals surface area contributed by atoms with E-state index in [1.54, 1.807) is 4.68 Å². The number of nitrogens with one attached hydrogen (secondary N) is 1. The van der Waals surface area contributed by atoms with Crippen molar-refractivity contribution in [2.45, 2.75) is 19.9 Å². The van der Waals surface area contributed by atoms with Gasteiger partial charge < -0.3 is 4.90 Å². The SMILES string of the molecule is Cc1[nH]nc2c1CN(C(=O)c1nn(C)c3ccccc13)CC2. The Morgan fingerprint density at radius 3 is 3.00 bits per heavy atom. The number of hydrogen-bond donors (Lipinski definition) is 1. The Morgan fingerprint density at radius 2 is 2.14 bits per heavy atom. The second-order valence-corrected chi connectivity index (χ2v) is 5.74. The zero-order chi connectivity index (χ0) is 15.3. The average Bonchev–Trinajstić information content (AvgIpc) is 3.08. The molecule has 4 rings (SSSR count). The lowest BCUT2D eigenvalue weighted by atomic mass is 10.1. The fourth-order valence-electron chi connectivity index (χ4n) is 3.13. The number of hydrogen-bond acceptors (Lipinski definition) is 3. The summed E-state index contributed by atoms with van der Waals surface area (Å²) in [6, 6.07) is 7.83. The van der Waals surface area contributed by atoms with Crippen LogP contribution in [-0.4, -0.2) is 37.3 Å². The van der Waals surface area contributed by atoms with Crippen LogP contribution in [0, 0.1) is 6.92 Å². The van der Waals surface area contributed by atoms with Crippen LogP contribution in [0.2, 0.25) is 0 Å². The lowest BCUT2D eigenvalue weighted by molar-refractivity contribution is 0.0729. The van der Waals surface area contributed by atoms with Gasteiger partial charge in [-0.2, -0.15) is 10.2 Å². The van der Waals surface area contributed by atoms with E-state index in [4.69, 9.17) is 0 Å². The van der Waals surface area contributed by atoms with Crippen molar-refractivity contribution in [2.75, 3.05) is 6.54 Å². The Labute approximate surface area is 127 Å². The van der Waals surface area contributed by atoms with Crippen molar-refractivity contribution >= 4 is 16.8 Å². The molecule has 0 spiro atoms.